The monoisotopic (exact) mass is 283 g/mol. The summed E-state index contributed by atoms with van der Waals surface area (Å²) in [4.78, 5) is 4.55. The predicted octanol–water partition coefficient (Wildman–Crippen LogP) is 3.92. The van der Waals surface area contributed by atoms with Gasteiger partial charge in [-0.3, -0.25) is 0 Å². The van der Waals surface area contributed by atoms with Gasteiger partial charge in [0.05, 0.1) is 10.2 Å². The van der Waals surface area contributed by atoms with Crippen molar-refractivity contribution in [3.8, 4) is 0 Å². The molecule has 0 aliphatic carbocycles. The Bertz CT molecular complexity index is 691. The highest BCUT2D eigenvalue weighted by molar-refractivity contribution is 7.22. The van der Waals surface area contributed by atoms with Crippen molar-refractivity contribution < 1.29 is 0 Å². The van der Waals surface area contributed by atoms with Crippen LogP contribution in [0.4, 0.5) is 10.8 Å². The van der Waals surface area contributed by atoms with Gasteiger partial charge in [0.2, 0.25) is 0 Å². The zero-order valence-corrected chi connectivity index (χ0v) is 12.0. The molecule has 0 aliphatic heterocycles. The summed E-state index contributed by atoms with van der Waals surface area (Å²) in [5.74, 6) is 0. The van der Waals surface area contributed by atoms with Crippen LogP contribution in [0.15, 0.2) is 48.5 Å². The summed E-state index contributed by atoms with van der Waals surface area (Å²) < 4.78 is 1.13. The zero-order valence-electron chi connectivity index (χ0n) is 11.2. The van der Waals surface area contributed by atoms with Crippen molar-refractivity contribution in [1.29, 1.82) is 0 Å². The Balaban J connectivity index is 1.55. The average molecular weight is 283 g/mol. The lowest BCUT2D eigenvalue weighted by molar-refractivity contribution is 0.862. The minimum absolute atomic E-state index is 0.789. The van der Waals surface area contributed by atoms with Crippen molar-refractivity contribution in [3.05, 3.63) is 54.1 Å². The number of hydrogen-bond acceptors (Lipinski definition) is 4. The second kappa shape index (κ2) is 5.92. The maximum atomic E-state index is 5.78. The molecule has 0 atom stereocenters. The van der Waals surface area contributed by atoms with E-state index in [9.17, 15) is 0 Å². The van der Waals surface area contributed by atoms with Gasteiger partial charge in [0.15, 0.2) is 5.13 Å². The smallest absolute Gasteiger partial charge is 0.183 e. The number of nitrogens with zero attached hydrogens (tertiary/aromatic N) is 1. The van der Waals surface area contributed by atoms with E-state index in [4.69, 9.17) is 5.73 Å². The molecule has 2 aromatic carbocycles. The number of hydrogen-bond donors (Lipinski definition) is 2. The zero-order chi connectivity index (χ0) is 13.8. The number of benzene rings is 2. The van der Waals surface area contributed by atoms with E-state index in [1.807, 2.05) is 18.2 Å². The molecule has 0 amide bonds. The van der Waals surface area contributed by atoms with E-state index in [-0.39, 0.29) is 0 Å². The minimum Gasteiger partial charge on any atom is -0.399 e. The molecule has 3 aromatic rings. The van der Waals surface area contributed by atoms with Crippen LogP contribution < -0.4 is 11.1 Å². The number of anilines is 2. The Morgan fingerprint density at radius 2 is 1.95 bits per heavy atom. The molecular formula is C16H17N3S. The fraction of sp³-hybridized carbons (Fsp3) is 0.188. The number of nitrogen functional groups attached to an aromatic ring is 1. The summed E-state index contributed by atoms with van der Waals surface area (Å²) in [6, 6.07) is 16.4. The maximum absolute atomic E-state index is 5.78. The van der Waals surface area contributed by atoms with Crippen molar-refractivity contribution in [1.82, 2.24) is 4.98 Å². The number of thiazole rings is 1. The van der Waals surface area contributed by atoms with Gasteiger partial charge in [0.1, 0.15) is 0 Å². The molecule has 0 bridgehead atoms. The number of aromatic nitrogens is 1. The first-order valence-electron chi connectivity index (χ1n) is 6.75. The highest BCUT2D eigenvalue weighted by Gasteiger charge is 2.03. The third-order valence-electron chi connectivity index (χ3n) is 3.17. The van der Waals surface area contributed by atoms with Gasteiger partial charge in [-0.15, -0.1) is 0 Å². The topological polar surface area (TPSA) is 50.9 Å². The summed E-state index contributed by atoms with van der Waals surface area (Å²) in [5.41, 5.74) is 8.96. The predicted molar refractivity (Wildman–Crippen MR) is 87.3 cm³/mol. The molecule has 0 fully saturated rings. The average Bonchev–Trinajstić information content (AvgIpc) is 2.86. The highest BCUT2D eigenvalue weighted by atomic mass is 32.1. The van der Waals surface area contributed by atoms with Crippen LogP contribution in [0.1, 0.15) is 12.0 Å². The Hall–Kier alpha value is -2.07. The van der Waals surface area contributed by atoms with Crippen LogP contribution in [0.5, 0.6) is 0 Å². The molecule has 0 saturated carbocycles. The van der Waals surface area contributed by atoms with E-state index in [1.54, 1.807) is 11.3 Å². The highest BCUT2D eigenvalue weighted by Crippen LogP contribution is 2.27. The normalized spacial score (nSPS) is 10.8. The van der Waals surface area contributed by atoms with Crippen molar-refractivity contribution in [2.45, 2.75) is 12.8 Å². The largest absolute Gasteiger partial charge is 0.399 e. The van der Waals surface area contributed by atoms with Crippen LogP contribution in [0, 0.1) is 0 Å². The fourth-order valence-electron chi connectivity index (χ4n) is 2.15. The first-order chi connectivity index (χ1) is 9.81. The van der Waals surface area contributed by atoms with Crippen molar-refractivity contribution in [2.24, 2.45) is 0 Å². The summed E-state index contributed by atoms with van der Waals surface area (Å²) in [5, 5.41) is 4.36. The van der Waals surface area contributed by atoms with E-state index in [0.29, 0.717) is 0 Å². The van der Waals surface area contributed by atoms with Gasteiger partial charge >= 0.3 is 0 Å². The Morgan fingerprint density at radius 3 is 2.80 bits per heavy atom. The first-order valence-corrected chi connectivity index (χ1v) is 7.57. The van der Waals surface area contributed by atoms with Gasteiger partial charge in [0, 0.05) is 12.2 Å². The Morgan fingerprint density at radius 1 is 1.10 bits per heavy atom. The lowest BCUT2D eigenvalue weighted by atomic mass is 10.1. The van der Waals surface area contributed by atoms with Gasteiger partial charge in [0.25, 0.3) is 0 Å². The second-order valence-electron chi connectivity index (χ2n) is 4.76. The summed E-state index contributed by atoms with van der Waals surface area (Å²) in [7, 11) is 0. The van der Waals surface area contributed by atoms with Crippen LogP contribution in [-0.2, 0) is 6.42 Å². The van der Waals surface area contributed by atoms with Gasteiger partial charge in [-0.25, -0.2) is 4.98 Å². The lowest BCUT2D eigenvalue weighted by Gasteiger charge is -2.02. The molecule has 3 rings (SSSR count). The Kier molecular flexibility index (Phi) is 3.83. The number of rotatable bonds is 5. The van der Waals surface area contributed by atoms with E-state index in [2.05, 4.69) is 40.6 Å². The molecule has 0 spiro atoms. The Labute approximate surface area is 122 Å². The maximum Gasteiger partial charge on any atom is 0.183 e. The molecule has 3 nitrogen and oxygen atoms in total. The summed E-state index contributed by atoms with van der Waals surface area (Å²) in [6.45, 7) is 0.935. The molecule has 0 unspecified atom stereocenters. The third-order valence-corrected chi connectivity index (χ3v) is 4.15. The standard InChI is InChI=1S/C16H17N3S/c17-13-8-9-14-15(11-13)20-16(19-14)18-10-4-7-12-5-2-1-3-6-12/h1-3,5-6,8-9,11H,4,7,10,17H2,(H,18,19). The molecule has 0 radical (unpaired) electrons. The molecule has 0 saturated heterocycles. The van der Waals surface area contributed by atoms with E-state index in [1.165, 1.54) is 5.56 Å². The second-order valence-corrected chi connectivity index (χ2v) is 5.79. The summed E-state index contributed by atoms with van der Waals surface area (Å²) in [6.07, 6.45) is 2.19. The fourth-order valence-corrected chi connectivity index (χ4v) is 3.09. The quantitative estimate of drug-likeness (QED) is 0.551. The van der Waals surface area contributed by atoms with Crippen LogP contribution in [0.25, 0.3) is 10.2 Å². The van der Waals surface area contributed by atoms with Crippen molar-refractivity contribution >= 4 is 32.4 Å². The van der Waals surface area contributed by atoms with Crippen LogP contribution >= 0.6 is 11.3 Å². The van der Waals surface area contributed by atoms with Gasteiger partial charge in [-0.2, -0.15) is 0 Å². The lowest BCUT2D eigenvalue weighted by Crippen LogP contribution is -2.02. The van der Waals surface area contributed by atoms with Crippen LogP contribution in [0.3, 0.4) is 0 Å². The molecule has 0 aliphatic rings. The van der Waals surface area contributed by atoms with Gasteiger partial charge in [-0.1, -0.05) is 41.7 Å². The molecule has 3 N–H and O–H groups in total. The van der Waals surface area contributed by atoms with Gasteiger partial charge in [-0.05, 0) is 36.6 Å². The molecule has 1 heterocycles. The van der Waals surface area contributed by atoms with E-state index in [0.717, 1.165) is 40.4 Å². The van der Waals surface area contributed by atoms with E-state index < -0.39 is 0 Å². The third kappa shape index (κ3) is 3.08. The number of nitrogens with two attached hydrogens (primary N) is 1. The number of nitrogens with one attached hydrogen (secondary N) is 1. The SMILES string of the molecule is Nc1ccc2nc(NCCCc3ccccc3)sc2c1. The number of fused-ring (bicyclic) bond motifs is 1. The first kappa shape index (κ1) is 12.9. The summed E-state index contributed by atoms with van der Waals surface area (Å²) >= 11 is 1.66. The molecule has 4 heteroatoms. The van der Waals surface area contributed by atoms with Gasteiger partial charge < -0.3 is 11.1 Å². The van der Waals surface area contributed by atoms with Crippen LogP contribution in [0.2, 0.25) is 0 Å². The van der Waals surface area contributed by atoms with E-state index >= 15 is 0 Å². The van der Waals surface area contributed by atoms with Crippen LogP contribution in [-0.4, -0.2) is 11.5 Å². The minimum atomic E-state index is 0.789. The molecule has 20 heavy (non-hydrogen) atoms. The number of aryl methyl sites for hydroxylation is 1. The molecule has 1 aromatic heterocycles. The molecular weight excluding hydrogens is 266 g/mol. The van der Waals surface area contributed by atoms with Crippen molar-refractivity contribution in [3.63, 3.8) is 0 Å². The molecule has 102 valence electrons. The van der Waals surface area contributed by atoms with Crippen molar-refractivity contribution in [2.75, 3.05) is 17.6 Å².